The van der Waals surface area contributed by atoms with Gasteiger partial charge in [-0.05, 0) is 70.0 Å². The van der Waals surface area contributed by atoms with Gasteiger partial charge in [-0.15, -0.1) is 0 Å². The van der Waals surface area contributed by atoms with Gasteiger partial charge in [0.2, 0.25) is 17.7 Å². The van der Waals surface area contributed by atoms with Crippen LogP contribution in [-0.2, 0) is 20.8 Å². The predicted octanol–water partition coefficient (Wildman–Crippen LogP) is 2.31. The lowest BCUT2D eigenvalue weighted by Gasteiger charge is -2.36. The highest BCUT2D eigenvalue weighted by Crippen LogP contribution is 2.61. The number of rotatable bonds is 5. The molecular formula is C26H34F2N4O3. The third-order valence-electron chi connectivity index (χ3n) is 8.57. The van der Waals surface area contributed by atoms with Crippen LogP contribution in [0.5, 0.6) is 0 Å². The molecule has 2 saturated heterocycles. The van der Waals surface area contributed by atoms with Crippen molar-refractivity contribution < 1.29 is 23.2 Å². The molecule has 1 aromatic rings. The second-order valence-corrected chi connectivity index (χ2v) is 10.6. The molecule has 0 aromatic heterocycles. The van der Waals surface area contributed by atoms with Crippen molar-refractivity contribution in [1.82, 2.24) is 20.9 Å². The van der Waals surface area contributed by atoms with Crippen LogP contribution in [0.25, 0.3) is 0 Å². The van der Waals surface area contributed by atoms with E-state index in [1.165, 1.54) is 10.5 Å². The molecule has 4 aliphatic rings. The average Bonchev–Trinajstić information content (AvgIpc) is 3.15. The van der Waals surface area contributed by atoms with Crippen LogP contribution >= 0.6 is 0 Å². The molecule has 3 N–H and O–H groups in total. The van der Waals surface area contributed by atoms with Crippen molar-refractivity contribution >= 4 is 17.7 Å². The van der Waals surface area contributed by atoms with E-state index >= 15 is 0 Å². The Bertz CT molecular complexity index is 1020. The number of carbonyl (C=O) groups excluding carboxylic acids is 3. The molecule has 190 valence electrons. The first-order valence-electron chi connectivity index (χ1n) is 12.8. The number of benzene rings is 1. The van der Waals surface area contributed by atoms with Crippen molar-refractivity contribution in [2.45, 2.75) is 88.0 Å². The summed E-state index contributed by atoms with van der Waals surface area (Å²) in [4.78, 5) is 41.2. The molecule has 1 aromatic carbocycles. The Morgan fingerprint density at radius 3 is 2.57 bits per heavy atom. The average molecular weight is 489 g/mol. The van der Waals surface area contributed by atoms with E-state index in [0.29, 0.717) is 12.8 Å². The van der Waals surface area contributed by atoms with E-state index in [1.807, 2.05) is 18.2 Å². The van der Waals surface area contributed by atoms with Gasteiger partial charge in [0.15, 0.2) is 0 Å². The van der Waals surface area contributed by atoms with Crippen LogP contribution in [-0.4, -0.2) is 59.8 Å². The standard InChI is InChI=1S/C26H34F2N4O3/c1-14(29-2)23(33)31-21-13-19-18(26(19,27)28)12-16-10-11-22(32(16)25(21)35)24(34)30-20-9-5-7-15-6-3-4-8-17(15)20/h3-4,6,8,14,16,18-22,29H,5,7,9-13H2,1-2H3,(H,30,34)(H,31,33)/t14-,16+,18+,19-,20+,21-,22-/m0/s1. The van der Waals surface area contributed by atoms with E-state index in [4.69, 9.17) is 0 Å². The van der Waals surface area contributed by atoms with E-state index in [1.54, 1.807) is 14.0 Å². The summed E-state index contributed by atoms with van der Waals surface area (Å²) in [5.41, 5.74) is 2.33. The van der Waals surface area contributed by atoms with Gasteiger partial charge < -0.3 is 20.9 Å². The quantitative estimate of drug-likeness (QED) is 0.593. The van der Waals surface area contributed by atoms with Crippen LogP contribution in [0.4, 0.5) is 8.78 Å². The Labute approximate surface area is 204 Å². The summed E-state index contributed by atoms with van der Waals surface area (Å²) in [6, 6.07) is 5.17. The second-order valence-electron chi connectivity index (χ2n) is 10.6. The summed E-state index contributed by atoms with van der Waals surface area (Å²) in [5, 5.41) is 8.65. The molecule has 35 heavy (non-hydrogen) atoms. The van der Waals surface area contributed by atoms with Crippen molar-refractivity contribution in [2.24, 2.45) is 11.8 Å². The smallest absolute Gasteiger partial charge is 0.254 e. The molecule has 7 atom stereocenters. The van der Waals surface area contributed by atoms with E-state index in [9.17, 15) is 23.2 Å². The number of nitrogens with one attached hydrogen (secondary N) is 3. The minimum absolute atomic E-state index is 0.105. The van der Waals surface area contributed by atoms with Gasteiger partial charge in [0.05, 0.1) is 12.1 Å². The van der Waals surface area contributed by atoms with E-state index in [-0.39, 0.29) is 24.8 Å². The predicted molar refractivity (Wildman–Crippen MR) is 126 cm³/mol. The monoisotopic (exact) mass is 488 g/mol. The summed E-state index contributed by atoms with van der Waals surface area (Å²) >= 11 is 0. The number of hydrogen-bond acceptors (Lipinski definition) is 4. The zero-order chi connectivity index (χ0) is 24.9. The SMILES string of the molecule is CN[C@@H](C)C(=O)N[C@H]1C[C@H]2[C@@H](C[C@H]3CC[C@@H](C(=O)N[C@@H]4CCCc5ccccc54)N3C1=O)C2(F)F. The molecule has 5 rings (SSSR count). The van der Waals surface area contributed by atoms with Crippen LogP contribution < -0.4 is 16.0 Å². The third-order valence-corrected chi connectivity index (χ3v) is 8.57. The van der Waals surface area contributed by atoms with Gasteiger partial charge in [-0.3, -0.25) is 14.4 Å². The molecular weight excluding hydrogens is 454 g/mol. The number of amides is 3. The lowest BCUT2D eigenvalue weighted by Crippen LogP contribution is -2.58. The molecule has 7 nitrogen and oxygen atoms in total. The molecule has 3 amide bonds. The lowest BCUT2D eigenvalue weighted by molar-refractivity contribution is -0.144. The maximum atomic E-state index is 14.6. The molecule has 2 aliphatic carbocycles. The van der Waals surface area contributed by atoms with Crippen molar-refractivity contribution in [3.63, 3.8) is 0 Å². The Morgan fingerprint density at radius 1 is 1.06 bits per heavy atom. The summed E-state index contributed by atoms with van der Waals surface area (Å²) in [6.45, 7) is 1.65. The number of halogens is 2. The van der Waals surface area contributed by atoms with Crippen LogP contribution in [0.3, 0.4) is 0 Å². The van der Waals surface area contributed by atoms with Crippen molar-refractivity contribution in [3.8, 4) is 0 Å². The highest BCUT2D eigenvalue weighted by atomic mass is 19.3. The summed E-state index contributed by atoms with van der Waals surface area (Å²) < 4.78 is 29.1. The van der Waals surface area contributed by atoms with Gasteiger partial charge >= 0.3 is 0 Å². The van der Waals surface area contributed by atoms with Crippen LogP contribution in [0, 0.1) is 11.8 Å². The fourth-order valence-corrected chi connectivity index (χ4v) is 6.36. The van der Waals surface area contributed by atoms with Gasteiger partial charge in [-0.25, -0.2) is 8.78 Å². The minimum atomic E-state index is -2.83. The van der Waals surface area contributed by atoms with Crippen LogP contribution in [0.15, 0.2) is 24.3 Å². The number of fused-ring (bicyclic) bond motifs is 3. The molecule has 2 aliphatic heterocycles. The summed E-state index contributed by atoms with van der Waals surface area (Å²) in [5.74, 6) is -5.63. The van der Waals surface area contributed by atoms with Gasteiger partial charge in [0.1, 0.15) is 12.1 Å². The number of alkyl halides is 2. The van der Waals surface area contributed by atoms with Gasteiger partial charge in [-0.2, -0.15) is 0 Å². The van der Waals surface area contributed by atoms with E-state index < -0.39 is 53.7 Å². The number of likely N-dealkylation sites (N-methyl/N-ethyl adjacent to an activating group) is 1. The molecule has 0 unspecified atom stereocenters. The molecule has 0 radical (unpaired) electrons. The van der Waals surface area contributed by atoms with E-state index in [0.717, 1.165) is 24.8 Å². The van der Waals surface area contributed by atoms with Gasteiger partial charge in [0.25, 0.3) is 5.92 Å². The van der Waals surface area contributed by atoms with Gasteiger partial charge in [-0.1, -0.05) is 24.3 Å². The summed E-state index contributed by atoms with van der Waals surface area (Å²) in [6.07, 6.45) is 3.81. The third kappa shape index (κ3) is 4.32. The highest BCUT2D eigenvalue weighted by molar-refractivity contribution is 5.94. The first kappa shape index (κ1) is 24.2. The number of carbonyl (C=O) groups is 3. The molecule has 9 heteroatoms. The lowest BCUT2D eigenvalue weighted by atomic mass is 9.87. The van der Waals surface area contributed by atoms with Crippen molar-refractivity contribution in [2.75, 3.05) is 7.05 Å². The van der Waals surface area contributed by atoms with E-state index in [2.05, 4.69) is 22.0 Å². The van der Waals surface area contributed by atoms with Crippen LogP contribution in [0.2, 0.25) is 0 Å². The first-order valence-corrected chi connectivity index (χ1v) is 12.8. The zero-order valence-corrected chi connectivity index (χ0v) is 20.2. The van der Waals surface area contributed by atoms with Crippen molar-refractivity contribution in [3.05, 3.63) is 35.4 Å². The Kier molecular flexibility index (Phi) is 6.32. The molecule has 1 saturated carbocycles. The number of hydrogen-bond donors (Lipinski definition) is 3. The number of aryl methyl sites for hydroxylation is 1. The molecule has 2 heterocycles. The van der Waals surface area contributed by atoms with Crippen LogP contribution in [0.1, 0.15) is 62.6 Å². The minimum Gasteiger partial charge on any atom is -0.347 e. The highest BCUT2D eigenvalue weighted by Gasteiger charge is 2.70. The second kappa shape index (κ2) is 9.15. The first-order chi connectivity index (χ1) is 16.7. The normalized spacial score (nSPS) is 33.9. The number of nitrogens with zero attached hydrogens (tertiary/aromatic N) is 1. The zero-order valence-electron chi connectivity index (χ0n) is 20.2. The summed E-state index contributed by atoms with van der Waals surface area (Å²) in [7, 11) is 1.62. The Balaban J connectivity index is 1.37. The van der Waals surface area contributed by atoms with Gasteiger partial charge in [0, 0.05) is 17.9 Å². The Hall–Kier alpha value is -2.55. The molecule has 0 bridgehead atoms. The fourth-order valence-electron chi connectivity index (χ4n) is 6.36. The topological polar surface area (TPSA) is 90.5 Å². The fraction of sp³-hybridized carbons (Fsp3) is 0.654. The largest absolute Gasteiger partial charge is 0.347 e. The maximum absolute atomic E-state index is 14.6. The van der Waals surface area contributed by atoms with Crippen molar-refractivity contribution in [1.29, 1.82) is 0 Å². The maximum Gasteiger partial charge on any atom is 0.254 e. The Morgan fingerprint density at radius 2 is 1.80 bits per heavy atom. The molecule has 0 spiro atoms. The molecule has 3 fully saturated rings.